The summed E-state index contributed by atoms with van der Waals surface area (Å²) in [4.78, 5) is 0. The third-order valence-electron chi connectivity index (χ3n) is 9.00. The van der Waals surface area contributed by atoms with E-state index in [-0.39, 0.29) is 0 Å². The molecule has 9 aromatic rings. The van der Waals surface area contributed by atoms with Gasteiger partial charge in [-0.3, -0.25) is 0 Å². The summed E-state index contributed by atoms with van der Waals surface area (Å²) in [6.45, 7) is 0. The van der Waals surface area contributed by atoms with E-state index in [2.05, 4.69) is 158 Å². The molecule has 0 heteroatoms. The summed E-state index contributed by atoms with van der Waals surface area (Å²) < 4.78 is 0. The van der Waals surface area contributed by atoms with Crippen LogP contribution in [0.25, 0.3) is 86.9 Å². The molecule has 0 spiro atoms. The Kier molecular flexibility index (Phi) is 5.00. The van der Waals surface area contributed by atoms with Crippen molar-refractivity contribution in [3.8, 4) is 22.3 Å². The summed E-state index contributed by atoms with van der Waals surface area (Å²) in [5.41, 5.74) is 5.05. The van der Waals surface area contributed by atoms with Gasteiger partial charge in [0, 0.05) is 0 Å². The minimum Gasteiger partial charge on any atom is -0.0616 e. The zero-order valence-electron chi connectivity index (χ0n) is 23.0. The molecule has 0 atom stereocenters. The van der Waals surface area contributed by atoms with Crippen molar-refractivity contribution in [3.05, 3.63) is 158 Å². The molecule has 0 aliphatic carbocycles. The van der Waals surface area contributed by atoms with Crippen LogP contribution in [-0.2, 0) is 0 Å². The minimum atomic E-state index is 1.25. The minimum absolute atomic E-state index is 1.25. The highest BCUT2D eigenvalue weighted by Crippen LogP contribution is 2.43. The molecule has 0 nitrogen and oxygen atoms in total. The molecule has 0 radical (unpaired) electrons. The fraction of sp³-hybridized carbons (Fsp3) is 0. The first-order valence-corrected chi connectivity index (χ1v) is 14.6. The fourth-order valence-electron chi connectivity index (χ4n) is 7.06. The van der Waals surface area contributed by atoms with Gasteiger partial charge in [-0.1, -0.05) is 140 Å². The van der Waals surface area contributed by atoms with Gasteiger partial charge in [0.2, 0.25) is 0 Å². The molecule has 9 aromatic carbocycles. The molecular formula is C42H26. The largest absolute Gasteiger partial charge is 0.0616 e. The summed E-state index contributed by atoms with van der Waals surface area (Å²) >= 11 is 0. The molecule has 194 valence electrons. The number of benzene rings is 9. The Morgan fingerprint density at radius 3 is 1.40 bits per heavy atom. The van der Waals surface area contributed by atoms with Crippen LogP contribution in [-0.4, -0.2) is 0 Å². The Balaban J connectivity index is 1.29. The first-order chi connectivity index (χ1) is 20.8. The fourth-order valence-corrected chi connectivity index (χ4v) is 7.06. The van der Waals surface area contributed by atoms with E-state index in [1.165, 1.54) is 86.9 Å². The molecule has 0 aliphatic heterocycles. The maximum absolute atomic E-state index is 2.43. The molecule has 0 fully saturated rings. The first kappa shape index (κ1) is 23.3. The number of fused-ring (bicyclic) bond motifs is 10. The Morgan fingerprint density at radius 2 is 0.714 bits per heavy atom. The van der Waals surface area contributed by atoms with Gasteiger partial charge in [0.1, 0.15) is 0 Å². The Labute approximate surface area is 244 Å². The third kappa shape index (κ3) is 3.42. The highest BCUT2D eigenvalue weighted by Gasteiger charge is 2.15. The van der Waals surface area contributed by atoms with Crippen LogP contribution in [0.1, 0.15) is 0 Å². The summed E-state index contributed by atoms with van der Waals surface area (Å²) in [6, 6.07) is 58.1. The average Bonchev–Trinajstić information content (AvgIpc) is 3.07. The molecule has 0 heterocycles. The van der Waals surface area contributed by atoms with E-state index in [4.69, 9.17) is 0 Å². The maximum Gasteiger partial charge on any atom is -0.00199 e. The Bertz CT molecular complexity index is 2510. The van der Waals surface area contributed by atoms with Gasteiger partial charge in [-0.2, -0.15) is 0 Å². The van der Waals surface area contributed by atoms with Gasteiger partial charge in [0.15, 0.2) is 0 Å². The zero-order chi connectivity index (χ0) is 27.6. The van der Waals surface area contributed by atoms with Crippen molar-refractivity contribution in [2.45, 2.75) is 0 Å². The average molecular weight is 531 g/mol. The topological polar surface area (TPSA) is 0 Å². The van der Waals surface area contributed by atoms with Crippen molar-refractivity contribution in [1.29, 1.82) is 0 Å². The van der Waals surface area contributed by atoms with Gasteiger partial charge in [-0.25, -0.2) is 0 Å². The third-order valence-corrected chi connectivity index (χ3v) is 9.00. The molecule has 42 heavy (non-hydrogen) atoms. The van der Waals surface area contributed by atoms with Crippen LogP contribution >= 0.6 is 0 Å². The maximum atomic E-state index is 2.43. The highest BCUT2D eigenvalue weighted by molar-refractivity contribution is 6.33. The second-order valence-corrected chi connectivity index (χ2v) is 11.3. The molecule has 0 amide bonds. The summed E-state index contributed by atoms with van der Waals surface area (Å²) in [6.07, 6.45) is 0. The van der Waals surface area contributed by atoms with Gasteiger partial charge < -0.3 is 0 Å². The standard InChI is InChI=1S/C42H26/c1-2-12-32-27(10-1)11-9-19-33(32)30-22-20-29-25-31(23-21-28(29)24-30)40-26-41-36-15-4-3-13-34(36)35-14-5-7-17-38(35)42(41)39-18-8-6-16-37(39)40/h1-26H. The monoisotopic (exact) mass is 530 g/mol. The molecular weight excluding hydrogens is 504 g/mol. The quantitative estimate of drug-likeness (QED) is 0.195. The second kappa shape index (κ2) is 9.03. The van der Waals surface area contributed by atoms with Crippen LogP contribution in [0.5, 0.6) is 0 Å². The van der Waals surface area contributed by atoms with Gasteiger partial charge in [-0.05, 0) is 105 Å². The van der Waals surface area contributed by atoms with Gasteiger partial charge in [-0.15, -0.1) is 0 Å². The molecule has 0 saturated heterocycles. The van der Waals surface area contributed by atoms with E-state index in [9.17, 15) is 0 Å². The van der Waals surface area contributed by atoms with E-state index < -0.39 is 0 Å². The number of hydrogen-bond donors (Lipinski definition) is 0. The van der Waals surface area contributed by atoms with Crippen LogP contribution in [0.4, 0.5) is 0 Å². The predicted octanol–water partition coefficient (Wildman–Crippen LogP) is 11.9. The number of rotatable bonds is 2. The van der Waals surface area contributed by atoms with E-state index in [1.807, 2.05) is 0 Å². The lowest BCUT2D eigenvalue weighted by atomic mass is 9.87. The van der Waals surface area contributed by atoms with Gasteiger partial charge in [0.05, 0.1) is 0 Å². The molecule has 0 unspecified atom stereocenters. The van der Waals surface area contributed by atoms with E-state index in [0.717, 1.165) is 0 Å². The van der Waals surface area contributed by atoms with Crippen LogP contribution in [0.2, 0.25) is 0 Å². The molecule has 0 aliphatic rings. The Morgan fingerprint density at radius 1 is 0.238 bits per heavy atom. The van der Waals surface area contributed by atoms with Crippen molar-refractivity contribution in [3.63, 3.8) is 0 Å². The molecule has 0 aromatic heterocycles. The Hall–Kier alpha value is -5.46. The van der Waals surface area contributed by atoms with Crippen molar-refractivity contribution in [2.24, 2.45) is 0 Å². The molecule has 0 bridgehead atoms. The first-order valence-electron chi connectivity index (χ1n) is 14.6. The van der Waals surface area contributed by atoms with E-state index >= 15 is 0 Å². The van der Waals surface area contributed by atoms with Crippen molar-refractivity contribution >= 4 is 64.6 Å². The second-order valence-electron chi connectivity index (χ2n) is 11.3. The lowest BCUT2D eigenvalue weighted by Crippen LogP contribution is -1.89. The molecule has 0 N–H and O–H groups in total. The molecule has 9 rings (SSSR count). The SMILES string of the molecule is c1ccc2c(-c3ccc4cc(-c5cc6c7ccccc7c7ccccc7c6c6ccccc56)ccc4c3)cccc2c1. The summed E-state index contributed by atoms with van der Waals surface area (Å²) in [5.74, 6) is 0. The summed E-state index contributed by atoms with van der Waals surface area (Å²) in [7, 11) is 0. The van der Waals surface area contributed by atoms with Crippen LogP contribution < -0.4 is 0 Å². The lowest BCUT2D eigenvalue weighted by molar-refractivity contribution is 1.67. The van der Waals surface area contributed by atoms with Crippen molar-refractivity contribution in [1.82, 2.24) is 0 Å². The van der Waals surface area contributed by atoms with Crippen molar-refractivity contribution in [2.75, 3.05) is 0 Å². The summed E-state index contributed by atoms with van der Waals surface area (Å²) in [5, 5.41) is 15.5. The van der Waals surface area contributed by atoms with E-state index in [0.29, 0.717) is 0 Å². The number of hydrogen-bond acceptors (Lipinski definition) is 0. The zero-order valence-corrected chi connectivity index (χ0v) is 23.0. The van der Waals surface area contributed by atoms with Crippen LogP contribution in [0.3, 0.4) is 0 Å². The smallest absolute Gasteiger partial charge is 0.00199 e. The molecule has 0 saturated carbocycles. The normalized spacial score (nSPS) is 11.8. The highest BCUT2D eigenvalue weighted by atomic mass is 14.2. The van der Waals surface area contributed by atoms with Gasteiger partial charge >= 0.3 is 0 Å². The lowest BCUT2D eigenvalue weighted by Gasteiger charge is -2.16. The van der Waals surface area contributed by atoms with Crippen LogP contribution in [0.15, 0.2) is 158 Å². The van der Waals surface area contributed by atoms with Gasteiger partial charge in [0.25, 0.3) is 0 Å². The van der Waals surface area contributed by atoms with Crippen LogP contribution in [0, 0.1) is 0 Å². The van der Waals surface area contributed by atoms with Crippen molar-refractivity contribution < 1.29 is 0 Å². The van der Waals surface area contributed by atoms with E-state index in [1.54, 1.807) is 0 Å². The predicted molar refractivity (Wildman–Crippen MR) is 182 cm³/mol.